The number of fused-ring (bicyclic) bond motifs is 1. The van der Waals surface area contributed by atoms with E-state index in [4.69, 9.17) is 10.5 Å². The second-order valence-electron chi connectivity index (χ2n) is 3.72. The molecule has 0 aliphatic carbocycles. The summed E-state index contributed by atoms with van der Waals surface area (Å²) in [7, 11) is 0. The summed E-state index contributed by atoms with van der Waals surface area (Å²) >= 11 is 0. The van der Waals surface area contributed by atoms with Crippen LogP contribution in [-0.4, -0.2) is 22.4 Å². The van der Waals surface area contributed by atoms with Gasteiger partial charge in [0.2, 0.25) is 5.91 Å². The van der Waals surface area contributed by atoms with Gasteiger partial charge in [-0.05, 0) is 25.1 Å². The first-order valence-corrected chi connectivity index (χ1v) is 5.55. The van der Waals surface area contributed by atoms with Gasteiger partial charge in [0, 0.05) is 6.20 Å². The molecule has 19 heavy (non-hydrogen) atoms. The Morgan fingerprint density at radius 3 is 2.79 bits per heavy atom. The Morgan fingerprint density at radius 2 is 2.21 bits per heavy atom. The molecule has 0 bridgehead atoms. The first kappa shape index (κ1) is 12.7. The van der Waals surface area contributed by atoms with Gasteiger partial charge in [-0.2, -0.15) is 0 Å². The van der Waals surface area contributed by atoms with Crippen molar-refractivity contribution in [1.29, 1.82) is 0 Å². The van der Waals surface area contributed by atoms with Gasteiger partial charge in [0.1, 0.15) is 0 Å². The number of benzene rings is 1. The molecule has 0 fully saturated rings. The zero-order chi connectivity index (χ0) is 14.0. The van der Waals surface area contributed by atoms with Crippen molar-refractivity contribution in [3.63, 3.8) is 0 Å². The molecule has 2 N–H and O–H groups in total. The number of pyridine rings is 1. The van der Waals surface area contributed by atoms with Crippen LogP contribution >= 0.6 is 0 Å². The van der Waals surface area contributed by atoms with Crippen LogP contribution in [0.1, 0.15) is 17.3 Å². The van der Waals surface area contributed by atoms with Gasteiger partial charge >= 0.3 is 5.69 Å². The minimum Gasteiger partial charge on any atom is -0.487 e. The minimum atomic E-state index is -0.746. The number of nitrogens with two attached hydrogens (primary N) is 1. The molecule has 1 aromatic carbocycles. The van der Waals surface area contributed by atoms with Crippen LogP contribution in [0.3, 0.4) is 0 Å². The van der Waals surface area contributed by atoms with E-state index in [2.05, 4.69) is 4.98 Å². The van der Waals surface area contributed by atoms with E-state index in [1.54, 1.807) is 13.0 Å². The van der Waals surface area contributed by atoms with E-state index in [1.807, 2.05) is 0 Å². The average Bonchev–Trinajstić information content (AvgIpc) is 2.37. The number of aromatic nitrogens is 1. The molecular weight excluding hydrogens is 250 g/mol. The number of nitro benzene ring substituents is 1. The lowest BCUT2D eigenvalue weighted by Crippen LogP contribution is -2.12. The summed E-state index contributed by atoms with van der Waals surface area (Å²) in [6.45, 7) is 1.99. The molecule has 0 saturated carbocycles. The Balaban J connectivity index is 2.89. The van der Waals surface area contributed by atoms with Gasteiger partial charge in [0.25, 0.3) is 0 Å². The van der Waals surface area contributed by atoms with Crippen LogP contribution in [0.2, 0.25) is 0 Å². The predicted octanol–water partition coefficient (Wildman–Crippen LogP) is 1.64. The molecule has 0 aliphatic heterocycles. The molecule has 0 unspecified atom stereocenters. The van der Waals surface area contributed by atoms with E-state index in [0.29, 0.717) is 5.52 Å². The number of rotatable bonds is 4. The monoisotopic (exact) mass is 261 g/mol. The van der Waals surface area contributed by atoms with Crippen molar-refractivity contribution in [3.8, 4) is 5.75 Å². The lowest BCUT2D eigenvalue weighted by atomic mass is 10.1. The average molecular weight is 261 g/mol. The highest BCUT2D eigenvalue weighted by Gasteiger charge is 2.24. The summed E-state index contributed by atoms with van der Waals surface area (Å²) in [4.78, 5) is 26.0. The molecule has 2 aromatic rings. The number of nitro groups is 1. The maximum absolute atomic E-state index is 11.4. The van der Waals surface area contributed by atoms with Crippen LogP contribution < -0.4 is 10.5 Å². The molecule has 7 heteroatoms. The Labute approximate surface area is 108 Å². The number of ether oxygens (including phenoxy) is 1. The number of carbonyl (C=O) groups is 1. The first-order chi connectivity index (χ1) is 9.06. The summed E-state index contributed by atoms with van der Waals surface area (Å²) in [5, 5.41) is 11.3. The molecular formula is C12H11N3O4. The van der Waals surface area contributed by atoms with E-state index in [9.17, 15) is 14.9 Å². The number of hydrogen-bond donors (Lipinski definition) is 1. The van der Waals surface area contributed by atoms with Crippen molar-refractivity contribution in [2.24, 2.45) is 5.73 Å². The standard InChI is InChI=1S/C12H11N3O4/c1-2-19-9-4-3-8-10(11(9)15(17)18)7(12(13)16)5-6-14-8/h3-6H,2H2,1H3,(H2,13,16). The van der Waals surface area contributed by atoms with Gasteiger partial charge in [-0.15, -0.1) is 0 Å². The summed E-state index contributed by atoms with van der Waals surface area (Å²) in [5.74, 6) is -0.653. The maximum atomic E-state index is 11.4. The predicted molar refractivity (Wildman–Crippen MR) is 68.1 cm³/mol. The lowest BCUT2D eigenvalue weighted by molar-refractivity contribution is -0.384. The summed E-state index contributed by atoms with van der Waals surface area (Å²) in [6, 6.07) is 4.37. The Kier molecular flexibility index (Phi) is 3.28. The molecule has 7 nitrogen and oxygen atoms in total. The van der Waals surface area contributed by atoms with Crippen molar-refractivity contribution in [2.75, 3.05) is 6.61 Å². The van der Waals surface area contributed by atoms with Crippen molar-refractivity contribution in [2.45, 2.75) is 6.92 Å². The highest BCUT2D eigenvalue weighted by molar-refractivity contribution is 6.09. The van der Waals surface area contributed by atoms with Crippen LogP contribution in [0, 0.1) is 10.1 Å². The van der Waals surface area contributed by atoms with Crippen LogP contribution in [0.5, 0.6) is 5.75 Å². The van der Waals surface area contributed by atoms with Crippen molar-refractivity contribution >= 4 is 22.5 Å². The highest BCUT2D eigenvalue weighted by atomic mass is 16.6. The summed E-state index contributed by atoms with van der Waals surface area (Å²) < 4.78 is 5.22. The van der Waals surface area contributed by atoms with Gasteiger partial charge in [-0.1, -0.05) is 0 Å². The van der Waals surface area contributed by atoms with Gasteiger partial charge in [0.05, 0.1) is 28.0 Å². The van der Waals surface area contributed by atoms with E-state index in [-0.39, 0.29) is 29.0 Å². The van der Waals surface area contributed by atoms with E-state index < -0.39 is 10.8 Å². The van der Waals surface area contributed by atoms with Crippen LogP contribution in [-0.2, 0) is 0 Å². The zero-order valence-electron chi connectivity index (χ0n) is 10.1. The lowest BCUT2D eigenvalue weighted by Gasteiger charge is -2.08. The normalized spacial score (nSPS) is 10.4. The highest BCUT2D eigenvalue weighted by Crippen LogP contribution is 2.36. The molecule has 2 rings (SSSR count). The smallest absolute Gasteiger partial charge is 0.321 e. The van der Waals surface area contributed by atoms with Crippen LogP contribution in [0.25, 0.3) is 10.9 Å². The topological polar surface area (TPSA) is 108 Å². The Morgan fingerprint density at radius 1 is 1.47 bits per heavy atom. The van der Waals surface area contributed by atoms with E-state index in [1.165, 1.54) is 18.3 Å². The SMILES string of the molecule is CCOc1ccc2nccc(C(N)=O)c2c1[N+](=O)[O-]. The largest absolute Gasteiger partial charge is 0.487 e. The molecule has 0 spiro atoms. The number of primary amides is 1. The third-order valence-corrected chi connectivity index (χ3v) is 2.59. The quantitative estimate of drug-likeness (QED) is 0.664. The molecule has 0 atom stereocenters. The van der Waals surface area contributed by atoms with Crippen molar-refractivity contribution in [3.05, 3.63) is 40.1 Å². The molecule has 0 aliphatic rings. The fourth-order valence-corrected chi connectivity index (χ4v) is 1.87. The van der Waals surface area contributed by atoms with Crippen LogP contribution in [0.4, 0.5) is 5.69 Å². The minimum absolute atomic E-state index is 0.0539. The van der Waals surface area contributed by atoms with Gasteiger partial charge in [0.15, 0.2) is 5.75 Å². The fourth-order valence-electron chi connectivity index (χ4n) is 1.87. The number of amides is 1. The van der Waals surface area contributed by atoms with Crippen molar-refractivity contribution < 1.29 is 14.5 Å². The summed E-state index contributed by atoms with van der Waals surface area (Å²) in [6.07, 6.45) is 1.38. The van der Waals surface area contributed by atoms with Gasteiger partial charge < -0.3 is 10.5 Å². The molecule has 1 heterocycles. The third-order valence-electron chi connectivity index (χ3n) is 2.59. The molecule has 0 saturated heterocycles. The second kappa shape index (κ2) is 4.89. The number of hydrogen-bond acceptors (Lipinski definition) is 5. The zero-order valence-corrected chi connectivity index (χ0v) is 10.1. The molecule has 1 aromatic heterocycles. The van der Waals surface area contributed by atoms with Gasteiger partial charge in [-0.25, -0.2) is 0 Å². The van der Waals surface area contributed by atoms with Gasteiger partial charge in [-0.3, -0.25) is 19.9 Å². The number of nitrogens with zero attached hydrogens (tertiary/aromatic N) is 2. The summed E-state index contributed by atoms with van der Waals surface area (Å²) in [5.41, 5.74) is 5.33. The Bertz CT molecular complexity index is 669. The maximum Gasteiger partial charge on any atom is 0.321 e. The van der Waals surface area contributed by atoms with E-state index >= 15 is 0 Å². The van der Waals surface area contributed by atoms with Crippen molar-refractivity contribution in [1.82, 2.24) is 4.98 Å². The van der Waals surface area contributed by atoms with Crippen LogP contribution in [0.15, 0.2) is 24.4 Å². The second-order valence-corrected chi connectivity index (χ2v) is 3.72. The first-order valence-electron chi connectivity index (χ1n) is 5.55. The third kappa shape index (κ3) is 2.17. The Hall–Kier alpha value is -2.70. The molecule has 98 valence electrons. The van der Waals surface area contributed by atoms with E-state index in [0.717, 1.165) is 0 Å². The molecule has 0 radical (unpaired) electrons. The molecule has 1 amide bonds. The number of carbonyl (C=O) groups excluding carboxylic acids is 1. The fraction of sp³-hybridized carbons (Fsp3) is 0.167.